The number of piperidine rings is 1. The van der Waals surface area contributed by atoms with Crippen LogP contribution in [0.3, 0.4) is 0 Å². The Balaban J connectivity index is 1.43. The lowest BCUT2D eigenvalue weighted by atomic mass is 9.87. The highest BCUT2D eigenvalue weighted by molar-refractivity contribution is 6.29. The number of carbonyl (C=O) groups is 1. The highest BCUT2D eigenvalue weighted by Crippen LogP contribution is 2.55. The predicted molar refractivity (Wildman–Crippen MR) is 126 cm³/mol. The lowest BCUT2D eigenvalue weighted by molar-refractivity contribution is 0.0546. The van der Waals surface area contributed by atoms with Crippen LogP contribution in [0.15, 0.2) is 55.0 Å². The molecule has 32 heavy (non-hydrogen) atoms. The first-order valence-electron chi connectivity index (χ1n) is 11.1. The number of nitrogens with one attached hydrogen (secondary N) is 1. The second-order valence-electron chi connectivity index (χ2n) is 8.97. The van der Waals surface area contributed by atoms with Crippen LogP contribution in [-0.4, -0.2) is 44.9 Å². The second kappa shape index (κ2) is 8.51. The quantitative estimate of drug-likeness (QED) is 0.557. The standard InChI is InChI=1S/C25H26ClN5O/c1-17-5-6-19(21-16-27-10-11-28-21)20(13-17)24(32)31-12-9-25(7-8-25)14-18(31)15-29-23-4-2-3-22(26)30-23/h2-6,10-11,13,16,18H,7-9,12,14-15H2,1H3,(H,29,30). The van der Waals surface area contributed by atoms with Crippen LogP contribution < -0.4 is 5.32 Å². The number of likely N-dealkylation sites (tertiary alicyclic amines) is 1. The lowest BCUT2D eigenvalue weighted by Crippen LogP contribution is -2.50. The van der Waals surface area contributed by atoms with E-state index in [1.807, 2.05) is 42.2 Å². The molecule has 1 saturated carbocycles. The molecule has 164 valence electrons. The van der Waals surface area contributed by atoms with E-state index in [1.54, 1.807) is 24.7 Å². The van der Waals surface area contributed by atoms with E-state index in [0.29, 0.717) is 28.4 Å². The monoisotopic (exact) mass is 447 g/mol. The summed E-state index contributed by atoms with van der Waals surface area (Å²) in [5, 5.41) is 3.86. The van der Waals surface area contributed by atoms with Gasteiger partial charge < -0.3 is 10.2 Å². The van der Waals surface area contributed by atoms with E-state index in [1.165, 1.54) is 12.8 Å². The summed E-state index contributed by atoms with van der Waals surface area (Å²) in [5.74, 6) is 0.784. The van der Waals surface area contributed by atoms with Crippen LogP contribution in [0, 0.1) is 12.3 Å². The van der Waals surface area contributed by atoms with Gasteiger partial charge in [0.15, 0.2) is 0 Å². The van der Waals surface area contributed by atoms with Crippen LogP contribution in [0.25, 0.3) is 11.3 Å². The molecule has 2 aliphatic rings. The summed E-state index contributed by atoms with van der Waals surface area (Å²) in [6.07, 6.45) is 9.61. The average molecular weight is 448 g/mol. The largest absolute Gasteiger partial charge is 0.368 e. The van der Waals surface area contributed by atoms with Gasteiger partial charge >= 0.3 is 0 Å². The van der Waals surface area contributed by atoms with Crippen molar-refractivity contribution < 1.29 is 4.79 Å². The number of benzene rings is 1. The van der Waals surface area contributed by atoms with E-state index < -0.39 is 0 Å². The molecule has 3 aromatic rings. The second-order valence-corrected chi connectivity index (χ2v) is 9.36. The molecule has 0 radical (unpaired) electrons. The summed E-state index contributed by atoms with van der Waals surface area (Å²) in [6.45, 7) is 3.42. The molecule has 7 heteroatoms. The fraction of sp³-hybridized carbons (Fsp3) is 0.360. The number of hydrogen-bond donors (Lipinski definition) is 1. The van der Waals surface area contributed by atoms with E-state index in [9.17, 15) is 4.79 Å². The van der Waals surface area contributed by atoms with Gasteiger partial charge in [-0.3, -0.25) is 14.8 Å². The maximum atomic E-state index is 13.9. The number of nitrogens with zero attached hydrogens (tertiary/aromatic N) is 4. The fourth-order valence-electron chi connectivity index (χ4n) is 4.71. The smallest absolute Gasteiger partial charge is 0.254 e. The third-order valence-corrected chi connectivity index (χ3v) is 6.90. The van der Waals surface area contributed by atoms with Crippen molar-refractivity contribution >= 4 is 23.3 Å². The molecule has 1 unspecified atom stereocenters. The molecule has 1 N–H and O–H groups in total. The van der Waals surface area contributed by atoms with Gasteiger partial charge in [0.1, 0.15) is 11.0 Å². The SMILES string of the molecule is Cc1ccc(-c2cnccn2)c(C(=O)N2CCC3(CC3)CC2CNc2cccc(Cl)n2)c1. The van der Waals surface area contributed by atoms with E-state index >= 15 is 0 Å². The first-order chi connectivity index (χ1) is 15.5. The number of rotatable bonds is 5. The number of pyridine rings is 1. The molecular formula is C25H26ClN5O. The Morgan fingerprint density at radius 1 is 1.22 bits per heavy atom. The highest BCUT2D eigenvalue weighted by atomic mass is 35.5. The van der Waals surface area contributed by atoms with Gasteiger partial charge in [-0.15, -0.1) is 0 Å². The molecule has 1 atom stereocenters. The number of amides is 1. The van der Waals surface area contributed by atoms with Crippen LogP contribution in [0.2, 0.25) is 5.15 Å². The van der Waals surface area contributed by atoms with Crippen LogP contribution in [0.4, 0.5) is 5.82 Å². The van der Waals surface area contributed by atoms with Crippen molar-refractivity contribution in [2.45, 2.75) is 38.6 Å². The average Bonchev–Trinajstić information content (AvgIpc) is 3.56. The molecule has 2 aromatic heterocycles. The normalized spacial score (nSPS) is 19.1. The van der Waals surface area contributed by atoms with Crippen molar-refractivity contribution in [3.8, 4) is 11.3 Å². The van der Waals surface area contributed by atoms with Crippen molar-refractivity contribution in [1.82, 2.24) is 19.9 Å². The molecular weight excluding hydrogens is 422 g/mol. The molecule has 6 nitrogen and oxygen atoms in total. The summed E-state index contributed by atoms with van der Waals surface area (Å²) in [4.78, 5) is 28.9. The van der Waals surface area contributed by atoms with Crippen LogP contribution in [-0.2, 0) is 0 Å². The molecule has 1 aromatic carbocycles. The molecule has 1 aliphatic heterocycles. The molecule has 1 saturated heterocycles. The van der Waals surface area contributed by atoms with E-state index in [2.05, 4.69) is 20.3 Å². The fourth-order valence-corrected chi connectivity index (χ4v) is 4.88. The van der Waals surface area contributed by atoms with E-state index in [-0.39, 0.29) is 11.9 Å². The third kappa shape index (κ3) is 4.32. The van der Waals surface area contributed by atoms with Gasteiger partial charge in [0.05, 0.1) is 11.9 Å². The van der Waals surface area contributed by atoms with Gasteiger partial charge in [-0.2, -0.15) is 0 Å². The van der Waals surface area contributed by atoms with Crippen LogP contribution >= 0.6 is 11.6 Å². The topological polar surface area (TPSA) is 71.0 Å². The van der Waals surface area contributed by atoms with Crippen molar-refractivity contribution in [3.05, 3.63) is 71.3 Å². The minimum Gasteiger partial charge on any atom is -0.368 e. The van der Waals surface area contributed by atoms with E-state index in [0.717, 1.165) is 36.3 Å². The molecule has 1 amide bonds. The lowest BCUT2D eigenvalue weighted by Gasteiger charge is -2.40. The Morgan fingerprint density at radius 3 is 2.84 bits per heavy atom. The molecule has 3 heterocycles. The van der Waals surface area contributed by atoms with Crippen molar-refractivity contribution in [3.63, 3.8) is 0 Å². The third-order valence-electron chi connectivity index (χ3n) is 6.69. The maximum Gasteiger partial charge on any atom is 0.254 e. The summed E-state index contributed by atoms with van der Waals surface area (Å²) < 4.78 is 0. The minimum atomic E-state index is 0.0516. The van der Waals surface area contributed by atoms with Crippen LogP contribution in [0.5, 0.6) is 0 Å². The zero-order chi connectivity index (χ0) is 22.1. The van der Waals surface area contributed by atoms with Gasteiger partial charge in [0.2, 0.25) is 0 Å². The van der Waals surface area contributed by atoms with Gasteiger partial charge in [-0.05, 0) is 56.2 Å². The Labute approximate surface area is 193 Å². The van der Waals surface area contributed by atoms with Crippen molar-refractivity contribution in [1.29, 1.82) is 0 Å². The Bertz CT molecular complexity index is 1130. The Hall–Kier alpha value is -2.99. The Kier molecular flexibility index (Phi) is 5.55. The van der Waals surface area contributed by atoms with Crippen molar-refractivity contribution in [2.75, 3.05) is 18.4 Å². The number of aryl methyl sites for hydroxylation is 1. The molecule has 1 aliphatic carbocycles. The number of anilines is 1. The first kappa shape index (κ1) is 20.9. The molecule has 1 spiro atoms. The number of carbonyl (C=O) groups excluding carboxylic acids is 1. The van der Waals surface area contributed by atoms with Crippen molar-refractivity contribution in [2.24, 2.45) is 5.41 Å². The summed E-state index contributed by atoms with van der Waals surface area (Å²) in [6, 6.07) is 11.6. The number of halogens is 1. The minimum absolute atomic E-state index is 0.0516. The maximum absolute atomic E-state index is 13.9. The first-order valence-corrected chi connectivity index (χ1v) is 11.5. The highest BCUT2D eigenvalue weighted by Gasteiger charge is 2.49. The van der Waals surface area contributed by atoms with E-state index in [4.69, 9.17) is 11.6 Å². The predicted octanol–water partition coefficient (Wildman–Crippen LogP) is 5.00. The van der Waals surface area contributed by atoms with Gasteiger partial charge in [-0.1, -0.05) is 35.4 Å². The van der Waals surface area contributed by atoms with Crippen LogP contribution in [0.1, 0.15) is 41.6 Å². The molecule has 2 fully saturated rings. The van der Waals surface area contributed by atoms with Gasteiger partial charge in [0, 0.05) is 42.7 Å². The summed E-state index contributed by atoms with van der Waals surface area (Å²) in [5.41, 5.74) is 3.68. The Morgan fingerprint density at radius 2 is 2.09 bits per heavy atom. The van der Waals surface area contributed by atoms with Gasteiger partial charge in [0.25, 0.3) is 5.91 Å². The zero-order valence-electron chi connectivity index (χ0n) is 18.1. The number of aromatic nitrogens is 3. The molecule has 0 bridgehead atoms. The summed E-state index contributed by atoms with van der Waals surface area (Å²) in [7, 11) is 0. The van der Waals surface area contributed by atoms with Gasteiger partial charge in [-0.25, -0.2) is 4.98 Å². The molecule has 5 rings (SSSR count). The summed E-state index contributed by atoms with van der Waals surface area (Å²) >= 11 is 6.04. The number of hydrogen-bond acceptors (Lipinski definition) is 5. The zero-order valence-corrected chi connectivity index (χ0v) is 18.8.